The van der Waals surface area contributed by atoms with Crippen LogP contribution in [0.2, 0.25) is 0 Å². The Balaban J connectivity index is 2.42. The molecule has 20 heavy (non-hydrogen) atoms. The maximum atomic E-state index is 12.1. The van der Waals surface area contributed by atoms with Crippen molar-refractivity contribution in [2.45, 2.75) is 19.4 Å². The molecular formula is C12H15NO6S. The van der Waals surface area contributed by atoms with Crippen molar-refractivity contribution < 1.29 is 27.5 Å². The molecule has 0 bridgehead atoms. The van der Waals surface area contributed by atoms with Crippen LogP contribution in [0.3, 0.4) is 0 Å². The Kier molecular flexibility index (Phi) is 3.29. The van der Waals surface area contributed by atoms with Crippen LogP contribution in [0.15, 0.2) is 34.5 Å². The second-order valence-corrected chi connectivity index (χ2v) is 6.75. The van der Waals surface area contributed by atoms with Crippen LogP contribution in [0.25, 0.3) is 0 Å². The Morgan fingerprint density at radius 3 is 2.60 bits per heavy atom. The molecule has 1 aromatic heterocycles. The predicted octanol–water partition coefficient (Wildman–Crippen LogP) is 1.10. The van der Waals surface area contributed by atoms with Gasteiger partial charge in [0.1, 0.15) is 0 Å². The second-order valence-electron chi connectivity index (χ2n) is 4.46. The van der Waals surface area contributed by atoms with Gasteiger partial charge in [-0.25, -0.2) is 12.7 Å². The molecule has 1 aliphatic rings. The first-order valence-electron chi connectivity index (χ1n) is 5.91. The van der Waals surface area contributed by atoms with Crippen LogP contribution in [0.5, 0.6) is 0 Å². The summed E-state index contributed by atoms with van der Waals surface area (Å²) in [7, 11) is -2.44. The molecule has 1 atom stereocenters. The van der Waals surface area contributed by atoms with Crippen molar-refractivity contribution in [3.63, 3.8) is 0 Å². The van der Waals surface area contributed by atoms with Gasteiger partial charge in [-0.05, 0) is 26.0 Å². The minimum absolute atomic E-state index is 0.185. The monoisotopic (exact) mass is 301 g/mol. The Hall–Kier alpha value is -1.96. The van der Waals surface area contributed by atoms with E-state index in [-0.39, 0.29) is 11.5 Å². The van der Waals surface area contributed by atoms with E-state index in [2.05, 4.69) is 0 Å². The zero-order chi connectivity index (χ0) is 15.1. The number of aliphatic hydroxyl groups excluding tert-OH is 1. The molecule has 8 heteroatoms. The van der Waals surface area contributed by atoms with Crippen LogP contribution in [0.1, 0.15) is 19.6 Å². The number of ketones is 1. The number of hydrogen-bond acceptors (Lipinski definition) is 6. The minimum Gasteiger partial charge on any atom is -0.501 e. The summed E-state index contributed by atoms with van der Waals surface area (Å²) in [6, 6.07) is 3.08. The van der Waals surface area contributed by atoms with E-state index in [9.17, 15) is 18.3 Å². The van der Waals surface area contributed by atoms with Crippen LogP contribution < -0.4 is 0 Å². The predicted molar refractivity (Wildman–Crippen MR) is 69.0 cm³/mol. The van der Waals surface area contributed by atoms with Crippen LogP contribution in [-0.2, 0) is 25.2 Å². The summed E-state index contributed by atoms with van der Waals surface area (Å²) >= 11 is 0. The van der Waals surface area contributed by atoms with Gasteiger partial charge in [0, 0.05) is 7.05 Å². The van der Waals surface area contributed by atoms with E-state index in [1.165, 1.54) is 33.2 Å². The molecule has 0 saturated heterocycles. The SMILES string of the molecule is CCS(=O)(=O)N(C)C1=C(O)C(=O)C(C)(c2ccco2)O1. The molecule has 1 N–H and O–H groups in total. The lowest BCUT2D eigenvalue weighted by Crippen LogP contribution is -2.33. The number of aliphatic hydroxyl groups is 1. The summed E-state index contributed by atoms with van der Waals surface area (Å²) in [5.41, 5.74) is -1.57. The normalized spacial score (nSPS) is 23.1. The van der Waals surface area contributed by atoms with E-state index in [0.29, 0.717) is 0 Å². The topological polar surface area (TPSA) is 97.1 Å². The summed E-state index contributed by atoms with van der Waals surface area (Å²) in [5, 5.41) is 9.88. The summed E-state index contributed by atoms with van der Waals surface area (Å²) in [6.45, 7) is 2.86. The molecule has 7 nitrogen and oxygen atoms in total. The third kappa shape index (κ3) is 1.96. The summed E-state index contributed by atoms with van der Waals surface area (Å²) < 4.78 is 34.9. The molecular weight excluding hydrogens is 286 g/mol. The highest BCUT2D eigenvalue weighted by molar-refractivity contribution is 7.89. The quantitative estimate of drug-likeness (QED) is 0.894. The van der Waals surface area contributed by atoms with Gasteiger partial charge < -0.3 is 14.3 Å². The second kappa shape index (κ2) is 4.55. The average molecular weight is 301 g/mol. The molecule has 1 unspecified atom stereocenters. The van der Waals surface area contributed by atoms with Crippen LogP contribution in [0, 0.1) is 0 Å². The van der Waals surface area contributed by atoms with E-state index >= 15 is 0 Å². The van der Waals surface area contributed by atoms with Crippen molar-refractivity contribution >= 4 is 15.8 Å². The van der Waals surface area contributed by atoms with E-state index in [0.717, 1.165) is 4.31 Å². The Morgan fingerprint density at radius 2 is 2.10 bits per heavy atom. The molecule has 1 aromatic rings. The first kappa shape index (κ1) is 14.4. The number of nitrogens with zero attached hydrogens (tertiary/aromatic N) is 1. The van der Waals surface area contributed by atoms with Crippen molar-refractivity contribution in [3.8, 4) is 0 Å². The molecule has 2 heterocycles. The molecule has 1 aliphatic heterocycles. The summed E-state index contributed by atoms with van der Waals surface area (Å²) in [4.78, 5) is 12.1. The molecule has 2 rings (SSSR count). The van der Waals surface area contributed by atoms with Gasteiger partial charge >= 0.3 is 0 Å². The van der Waals surface area contributed by atoms with Gasteiger partial charge in [-0.2, -0.15) is 0 Å². The number of carbonyl (C=O) groups is 1. The number of ether oxygens (including phenoxy) is 1. The molecule has 0 spiro atoms. The molecule has 0 saturated carbocycles. The van der Waals surface area contributed by atoms with Gasteiger partial charge in [0.15, 0.2) is 5.76 Å². The zero-order valence-corrected chi connectivity index (χ0v) is 12.1. The molecule has 0 aromatic carbocycles. The van der Waals surface area contributed by atoms with E-state index in [1.54, 1.807) is 6.07 Å². The number of carbonyl (C=O) groups excluding carboxylic acids is 1. The Morgan fingerprint density at radius 1 is 1.45 bits per heavy atom. The highest BCUT2D eigenvalue weighted by atomic mass is 32.2. The molecule has 0 radical (unpaired) electrons. The highest BCUT2D eigenvalue weighted by Crippen LogP contribution is 2.39. The Bertz CT molecular complexity index is 660. The van der Waals surface area contributed by atoms with Gasteiger partial charge in [0.05, 0.1) is 12.0 Å². The number of rotatable bonds is 4. The van der Waals surface area contributed by atoms with Crippen LogP contribution >= 0.6 is 0 Å². The van der Waals surface area contributed by atoms with Crippen LogP contribution in [0.4, 0.5) is 0 Å². The fourth-order valence-corrected chi connectivity index (χ4v) is 2.62. The van der Waals surface area contributed by atoms with E-state index in [4.69, 9.17) is 9.15 Å². The van der Waals surface area contributed by atoms with Gasteiger partial charge in [0.2, 0.25) is 21.4 Å². The molecule has 0 amide bonds. The lowest BCUT2D eigenvalue weighted by molar-refractivity contribution is -0.133. The average Bonchev–Trinajstić information content (AvgIpc) is 3.02. The highest BCUT2D eigenvalue weighted by Gasteiger charge is 2.52. The largest absolute Gasteiger partial charge is 0.501 e. The van der Waals surface area contributed by atoms with Crippen molar-refractivity contribution in [1.82, 2.24) is 4.31 Å². The zero-order valence-electron chi connectivity index (χ0n) is 11.3. The van der Waals surface area contributed by atoms with Gasteiger partial charge in [-0.1, -0.05) is 0 Å². The third-order valence-electron chi connectivity index (χ3n) is 3.21. The van der Waals surface area contributed by atoms with Gasteiger partial charge in [-0.15, -0.1) is 0 Å². The maximum Gasteiger partial charge on any atom is 0.253 e. The molecule has 0 fully saturated rings. The smallest absolute Gasteiger partial charge is 0.253 e. The molecule has 110 valence electrons. The lowest BCUT2D eigenvalue weighted by Gasteiger charge is -2.24. The van der Waals surface area contributed by atoms with Crippen molar-refractivity contribution in [2.75, 3.05) is 12.8 Å². The number of hydrogen-bond donors (Lipinski definition) is 1. The van der Waals surface area contributed by atoms with Crippen molar-refractivity contribution in [2.24, 2.45) is 0 Å². The maximum absolute atomic E-state index is 12.1. The van der Waals surface area contributed by atoms with Crippen molar-refractivity contribution in [3.05, 3.63) is 35.8 Å². The summed E-state index contributed by atoms with van der Waals surface area (Å²) in [5.74, 6) is -1.87. The Labute approximate surface area is 116 Å². The van der Waals surface area contributed by atoms with Gasteiger partial charge in [-0.3, -0.25) is 4.79 Å². The molecule has 0 aliphatic carbocycles. The summed E-state index contributed by atoms with van der Waals surface area (Å²) in [6.07, 6.45) is 1.36. The first-order chi connectivity index (χ1) is 9.24. The van der Waals surface area contributed by atoms with Crippen LogP contribution in [-0.4, -0.2) is 36.4 Å². The fourth-order valence-electron chi connectivity index (χ4n) is 1.86. The number of Topliss-reactive ketones (excluding diaryl/α,β-unsaturated/α-hetero) is 1. The number of sulfonamides is 1. The van der Waals surface area contributed by atoms with Gasteiger partial charge in [0.25, 0.3) is 11.7 Å². The fraction of sp³-hybridized carbons (Fsp3) is 0.417. The lowest BCUT2D eigenvalue weighted by atomic mass is 9.98. The van der Waals surface area contributed by atoms with E-state index in [1.807, 2.05) is 0 Å². The standard InChI is InChI=1S/C12H15NO6S/c1-4-20(16,17)13(3)11-9(14)10(15)12(2,19-11)8-6-5-7-18-8/h5-7,14H,4H2,1-3H3. The number of furan rings is 1. The minimum atomic E-state index is -3.65. The first-order valence-corrected chi connectivity index (χ1v) is 7.52. The van der Waals surface area contributed by atoms with E-state index < -0.39 is 33.0 Å². The third-order valence-corrected chi connectivity index (χ3v) is 4.94. The van der Waals surface area contributed by atoms with Crippen molar-refractivity contribution in [1.29, 1.82) is 0 Å².